The molecule has 90 valence electrons. The molecule has 0 aromatic carbocycles. The summed E-state index contributed by atoms with van der Waals surface area (Å²) in [5.41, 5.74) is 0. The molecular weight excluding hydrogens is 208 g/mol. The topological polar surface area (TPSA) is 52.6 Å². The van der Waals surface area contributed by atoms with E-state index in [-0.39, 0.29) is 6.10 Å². The second kappa shape index (κ2) is 6.30. The molecule has 0 aromatic heterocycles. The minimum absolute atomic E-state index is 0.00960. The van der Waals surface area contributed by atoms with Crippen LogP contribution >= 0.6 is 0 Å². The van der Waals surface area contributed by atoms with Crippen molar-refractivity contribution in [2.75, 3.05) is 0 Å². The number of hydrogen-bond donors (Lipinski definition) is 0. The third kappa shape index (κ3) is 4.04. The van der Waals surface area contributed by atoms with Gasteiger partial charge in [0.15, 0.2) is 6.10 Å². The number of esters is 2. The lowest BCUT2D eigenvalue weighted by molar-refractivity contribution is -0.167. The predicted molar refractivity (Wildman–Crippen MR) is 58.7 cm³/mol. The highest BCUT2D eigenvalue weighted by atomic mass is 16.6. The Balaban J connectivity index is 2.32. The van der Waals surface area contributed by atoms with E-state index in [1.807, 2.05) is 0 Å². The fourth-order valence-corrected chi connectivity index (χ4v) is 1.66. The van der Waals surface area contributed by atoms with Gasteiger partial charge in [-0.15, -0.1) is 0 Å². The summed E-state index contributed by atoms with van der Waals surface area (Å²) in [6.45, 7) is 3.24. The summed E-state index contributed by atoms with van der Waals surface area (Å²) in [6.07, 6.45) is 6.06. The number of carbonyl (C=O) groups is 2. The lowest BCUT2D eigenvalue weighted by Gasteiger charge is -2.15. The number of carbonyl (C=O) groups excluding carboxylic acids is 2. The molecule has 0 spiro atoms. The SMILES string of the molecule is C/C=C\C(=O)OC(C)C(=O)OC1CCCC1. The largest absolute Gasteiger partial charge is 0.460 e. The molecule has 16 heavy (non-hydrogen) atoms. The zero-order valence-corrected chi connectivity index (χ0v) is 9.77. The van der Waals surface area contributed by atoms with Crippen LogP contribution in [0.25, 0.3) is 0 Å². The lowest BCUT2D eigenvalue weighted by atomic mass is 10.3. The maximum Gasteiger partial charge on any atom is 0.347 e. The van der Waals surface area contributed by atoms with E-state index in [9.17, 15) is 9.59 Å². The maximum atomic E-state index is 11.5. The number of hydrogen-bond acceptors (Lipinski definition) is 4. The van der Waals surface area contributed by atoms with Crippen molar-refractivity contribution in [3.05, 3.63) is 12.2 Å². The van der Waals surface area contributed by atoms with Crippen LogP contribution in [0.1, 0.15) is 39.5 Å². The Bertz CT molecular complexity index is 277. The molecule has 1 rings (SSSR count). The molecule has 4 heteroatoms. The monoisotopic (exact) mass is 226 g/mol. The van der Waals surface area contributed by atoms with E-state index in [1.54, 1.807) is 13.0 Å². The molecule has 0 aliphatic heterocycles. The van der Waals surface area contributed by atoms with Crippen molar-refractivity contribution in [2.24, 2.45) is 0 Å². The Labute approximate surface area is 95.6 Å². The summed E-state index contributed by atoms with van der Waals surface area (Å²) >= 11 is 0. The van der Waals surface area contributed by atoms with E-state index in [4.69, 9.17) is 9.47 Å². The van der Waals surface area contributed by atoms with Gasteiger partial charge in [0.05, 0.1) is 0 Å². The van der Waals surface area contributed by atoms with E-state index in [1.165, 1.54) is 13.0 Å². The van der Waals surface area contributed by atoms with Crippen molar-refractivity contribution >= 4 is 11.9 Å². The van der Waals surface area contributed by atoms with Gasteiger partial charge in [0.25, 0.3) is 0 Å². The zero-order valence-electron chi connectivity index (χ0n) is 9.77. The van der Waals surface area contributed by atoms with Gasteiger partial charge in [0, 0.05) is 6.08 Å². The Morgan fingerprint density at radius 1 is 1.31 bits per heavy atom. The number of rotatable bonds is 4. The Morgan fingerprint density at radius 3 is 2.50 bits per heavy atom. The van der Waals surface area contributed by atoms with Crippen molar-refractivity contribution in [2.45, 2.75) is 51.7 Å². The molecule has 4 nitrogen and oxygen atoms in total. The van der Waals surface area contributed by atoms with Crippen LogP contribution < -0.4 is 0 Å². The highest BCUT2D eigenvalue weighted by Crippen LogP contribution is 2.21. The Morgan fingerprint density at radius 2 is 1.94 bits per heavy atom. The van der Waals surface area contributed by atoms with Crippen LogP contribution in [-0.4, -0.2) is 24.1 Å². The van der Waals surface area contributed by atoms with E-state index >= 15 is 0 Å². The van der Waals surface area contributed by atoms with Crippen LogP contribution in [0.4, 0.5) is 0 Å². The first kappa shape index (κ1) is 12.7. The molecule has 0 heterocycles. The van der Waals surface area contributed by atoms with Gasteiger partial charge in [0.1, 0.15) is 6.10 Å². The molecule has 1 aliphatic carbocycles. The molecule has 1 aliphatic rings. The second-order valence-corrected chi connectivity index (χ2v) is 3.92. The Hall–Kier alpha value is -1.32. The standard InChI is InChI=1S/C12H18O4/c1-3-6-11(13)15-9(2)12(14)16-10-7-4-5-8-10/h3,6,9-10H,4-5,7-8H2,1-2H3/b6-3-. The third-order valence-electron chi connectivity index (χ3n) is 2.51. The van der Waals surface area contributed by atoms with E-state index in [0.29, 0.717) is 0 Å². The van der Waals surface area contributed by atoms with Crippen LogP contribution in [0.3, 0.4) is 0 Å². The van der Waals surface area contributed by atoms with Crippen molar-refractivity contribution in [3.63, 3.8) is 0 Å². The fourth-order valence-electron chi connectivity index (χ4n) is 1.66. The smallest absolute Gasteiger partial charge is 0.347 e. The van der Waals surface area contributed by atoms with Gasteiger partial charge < -0.3 is 9.47 Å². The van der Waals surface area contributed by atoms with Crippen molar-refractivity contribution in [1.29, 1.82) is 0 Å². The van der Waals surface area contributed by atoms with Crippen LogP contribution in [0.2, 0.25) is 0 Å². The first-order valence-corrected chi connectivity index (χ1v) is 5.67. The lowest BCUT2D eigenvalue weighted by Crippen LogP contribution is -2.28. The summed E-state index contributed by atoms with van der Waals surface area (Å²) in [5, 5.41) is 0. The van der Waals surface area contributed by atoms with Crippen molar-refractivity contribution in [1.82, 2.24) is 0 Å². The molecule has 0 aromatic rings. The zero-order chi connectivity index (χ0) is 12.0. The van der Waals surface area contributed by atoms with Crippen LogP contribution in [0.5, 0.6) is 0 Å². The van der Waals surface area contributed by atoms with Crippen LogP contribution in [0, 0.1) is 0 Å². The highest BCUT2D eigenvalue weighted by Gasteiger charge is 2.24. The molecule has 0 bridgehead atoms. The quantitative estimate of drug-likeness (QED) is 0.543. The highest BCUT2D eigenvalue weighted by molar-refractivity contribution is 5.85. The minimum atomic E-state index is -0.829. The van der Waals surface area contributed by atoms with Gasteiger partial charge in [-0.25, -0.2) is 9.59 Å². The van der Waals surface area contributed by atoms with Gasteiger partial charge in [-0.1, -0.05) is 6.08 Å². The Kier molecular flexibility index (Phi) is 5.02. The second-order valence-electron chi connectivity index (χ2n) is 3.92. The predicted octanol–water partition coefficient (Wildman–Crippen LogP) is 1.98. The summed E-state index contributed by atoms with van der Waals surface area (Å²) in [5.74, 6) is -0.969. The molecule has 1 fully saturated rings. The molecule has 0 N–H and O–H groups in total. The van der Waals surface area contributed by atoms with Crippen molar-refractivity contribution in [3.8, 4) is 0 Å². The van der Waals surface area contributed by atoms with Crippen LogP contribution in [0.15, 0.2) is 12.2 Å². The van der Waals surface area contributed by atoms with Crippen molar-refractivity contribution < 1.29 is 19.1 Å². The number of allylic oxidation sites excluding steroid dienone is 1. The normalized spacial score (nSPS) is 18.6. The van der Waals surface area contributed by atoms with E-state index < -0.39 is 18.0 Å². The van der Waals surface area contributed by atoms with Crippen LogP contribution in [-0.2, 0) is 19.1 Å². The molecule has 0 amide bonds. The third-order valence-corrected chi connectivity index (χ3v) is 2.51. The first-order valence-electron chi connectivity index (χ1n) is 5.67. The molecule has 0 saturated heterocycles. The van der Waals surface area contributed by atoms with Gasteiger partial charge >= 0.3 is 11.9 Å². The molecule has 0 radical (unpaired) electrons. The summed E-state index contributed by atoms with van der Waals surface area (Å²) in [4.78, 5) is 22.6. The average molecular weight is 226 g/mol. The molecule has 1 saturated carbocycles. The molecule has 1 atom stereocenters. The van der Waals surface area contributed by atoms with Gasteiger partial charge in [-0.2, -0.15) is 0 Å². The van der Waals surface area contributed by atoms with Gasteiger partial charge in [-0.3, -0.25) is 0 Å². The maximum absolute atomic E-state index is 11.5. The number of ether oxygens (including phenoxy) is 2. The average Bonchev–Trinajstić information content (AvgIpc) is 2.70. The summed E-state index contributed by atoms with van der Waals surface area (Å²) in [7, 11) is 0. The van der Waals surface area contributed by atoms with Gasteiger partial charge in [-0.05, 0) is 39.5 Å². The summed E-state index contributed by atoms with van der Waals surface area (Å²) < 4.78 is 10.1. The molecule has 1 unspecified atom stereocenters. The van der Waals surface area contributed by atoms with E-state index in [0.717, 1.165) is 25.7 Å². The van der Waals surface area contributed by atoms with Gasteiger partial charge in [0.2, 0.25) is 0 Å². The summed E-state index contributed by atoms with van der Waals surface area (Å²) in [6, 6.07) is 0. The van der Waals surface area contributed by atoms with E-state index in [2.05, 4.69) is 0 Å². The minimum Gasteiger partial charge on any atom is -0.460 e. The fraction of sp³-hybridized carbons (Fsp3) is 0.667. The molecular formula is C12H18O4. The first-order chi connectivity index (χ1) is 7.63.